The summed E-state index contributed by atoms with van der Waals surface area (Å²) in [6.07, 6.45) is 3.37. The molecule has 2 rings (SSSR count). The minimum Gasteiger partial charge on any atom is -0.306 e. The Morgan fingerprint density at radius 1 is 1.40 bits per heavy atom. The number of piperidine rings is 1. The summed E-state index contributed by atoms with van der Waals surface area (Å²) in [5.41, 5.74) is 0. The molecule has 1 aliphatic heterocycles. The zero-order valence-electron chi connectivity index (χ0n) is 11.7. The molecule has 0 saturated carbocycles. The number of sulfonamides is 1. The van der Waals surface area contributed by atoms with Gasteiger partial charge in [-0.1, -0.05) is 0 Å². The highest BCUT2D eigenvalue weighted by Crippen LogP contribution is 2.22. The minimum atomic E-state index is -3.57. The van der Waals surface area contributed by atoms with E-state index >= 15 is 0 Å². The quantitative estimate of drug-likeness (QED) is 0.845. The Morgan fingerprint density at radius 3 is 2.75 bits per heavy atom. The van der Waals surface area contributed by atoms with E-state index in [4.69, 9.17) is 0 Å². The van der Waals surface area contributed by atoms with Crippen LogP contribution in [0, 0.1) is 0 Å². The number of hydrogen-bond donors (Lipinski definition) is 1. The lowest BCUT2D eigenvalue weighted by Crippen LogP contribution is -2.31. The SMILES string of the molecule is CNS(=O)(=O)c1cccnc1N=NC1CCN(C)CC1. The minimum absolute atomic E-state index is 0.0548. The summed E-state index contributed by atoms with van der Waals surface area (Å²) in [5.74, 6) is 0.140. The van der Waals surface area contributed by atoms with E-state index in [1.807, 2.05) is 0 Å². The van der Waals surface area contributed by atoms with Gasteiger partial charge in [0.2, 0.25) is 10.0 Å². The van der Waals surface area contributed by atoms with E-state index in [0.29, 0.717) is 0 Å². The number of hydrogen-bond acceptors (Lipinski definition) is 6. The van der Waals surface area contributed by atoms with Crippen molar-refractivity contribution in [2.75, 3.05) is 27.2 Å². The molecule has 1 aliphatic rings. The predicted molar refractivity (Wildman–Crippen MR) is 75.5 cm³/mol. The van der Waals surface area contributed by atoms with Crippen molar-refractivity contribution >= 4 is 15.8 Å². The van der Waals surface area contributed by atoms with Crippen LogP contribution >= 0.6 is 0 Å². The molecule has 1 fully saturated rings. The fourth-order valence-electron chi connectivity index (χ4n) is 2.02. The van der Waals surface area contributed by atoms with Crippen molar-refractivity contribution in [2.24, 2.45) is 10.2 Å². The van der Waals surface area contributed by atoms with Gasteiger partial charge in [0.25, 0.3) is 0 Å². The van der Waals surface area contributed by atoms with Gasteiger partial charge in [0.05, 0.1) is 6.04 Å². The van der Waals surface area contributed by atoms with Crippen molar-refractivity contribution in [3.05, 3.63) is 18.3 Å². The average Bonchev–Trinajstić information content (AvgIpc) is 2.47. The summed E-state index contributed by atoms with van der Waals surface area (Å²) < 4.78 is 26.0. The smallest absolute Gasteiger partial charge is 0.244 e. The Balaban J connectivity index is 2.18. The number of aromatic nitrogens is 1. The maximum Gasteiger partial charge on any atom is 0.244 e. The molecule has 0 radical (unpaired) electrons. The van der Waals surface area contributed by atoms with E-state index in [0.717, 1.165) is 25.9 Å². The molecule has 1 saturated heterocycles. The van der Waals surface area contributed by atoms with E-state index in [-0.39, 0.29) is 16.8 Å². The maximum atomic E-state index is 11.9. The lowest BCUT2D eigenvalue weighted by Gasteiger charge is -2.25. The van der Waals surface area contributed by atoms with Crippen LogP contribution in [0.3, 0.4) is 0 Å². The summed E-state index contributed by atoms with van der Waals surface area (Å²) in [4.78, 5) is 6.30. The molecule has 0 spiro atoms. The van der Waals surface area contributed by atoms with Crippen molar-refractivity contribution in [2.45, 2.75) is 23.8 Å². The van der Waals surface area contributed by atoms with Gasteiger partial charge in [0.15, 0.2) is 5.82 Å². The normalized spacial score (nSPS) is 18.7. The monoisotopic (exact) mass is 297 g/mol. The first-order chi connectivity index (χ1) is 9.53. The van der Waals surface area contributed by atoms with Crippen LogP contribution in [0.4, 0.5) is 5.82 Å². The van der Waals surface area contributed by atoms with Gasteiger partial charge in [-0.15, -0.1) is 5.11 Å². The van der Waals surface area contributed by atoms with E-state index < -0.39 is 10.0 Å². The second-order valence-electron chi connectivity index (χ2n) is 4.78. The van der Waals surface area contributed by atoms with Crippen LogP contribution in [0.5, 0.6) is 0 Å². The molecule has 1 N–H and O–H groups in total. The van der Waals surface area contributed by atoms with Crippen LogP contribution < -0.4 is 4.72 Å². The first-order valence-corrected chi connectivity index (χ1v) is 7.99. The summed E-state index contributed by atoms with van der Waals surface area (Å²) in [5, 5.41) is 8.29. The number of azo groups is 1. The summed E-state index contributed by atoms with van der Waals surface area (Å²) >= 11 is 0. The van der Waals surface area contributed by atoms with Gasteiger partial charge in [-0.2, -0.15) is 5.11 Å². The predicted octanol–water partition coefficient (Wildman–Crippen LogP) is 1.17. The number of rotatable bonds is 4. The van der Waals surface area contributed by atoms with Crippen molar-refractivity contribution in [3.63, 3.8) is 0 Å². The lowest BCUT2D eigenvalue weighted by atomic mass is 10.1. The Hall–Kier alpha value is -1.38. The molecule has 0 unspecified atom stereocenters. The molecule has 20 heavy (non-hydrogen) atoms. The highest BCUT2D eigenvalue weighted by molar-refractivity contribution is 7.89. The molecule has 2 heterocycles. The van der Waals surface area contributed by atoms with E-state index in [1.54, 1.807) is 6.07 Å². The van der Waals surface area contributed by atoms with Crippen molar-refractivity contribution in [3.8, 4) is 0 Å². The molecule has 7 nitrogen and oxygen atoms in total. The van der Waals surface area contributed by atoms with Gasteiger partial charge in [0.1, 0.15) is 4.90 Å². The van der Waals surface area contributed by atoms with E-state index in [2.05, 4.69) is 31.9 Å². The molecule has 110 valence electrons. The molecular weight excluding hydrogens is 278 g/mol. The molecule has 0 aliphatic carbocycles. The van der Waals surface area contributed by atoms with Crippen LogP contribution in [0.15, 0.2) is 33.5 Å². The molecule has 1 aromatic rings. The van der Waals surface area contributed by atoms with Gasteiger partial charge < -0.3 is 4.90 Å². The summed E-state index contributed by atoms with van der Waals surface area (Å²) in [6.45, 7) is 1.96. The maximum absolute atomic E-state index is 11.9. The average molecular weight is 297 g/mol. The second-order valence-corrected chi connectivity index (χ2v) is 6.64. The van der Waals surface area contributed by atoms with Crippen LogP contribution in [-0.2, 0) is 10.0 Å². The standard InChI is InChI=1S/C12H19N5O2S/c1-13-20(18,19)11-4-3-7-14-12(11)16-15-10-5-8-17(2)9-6-10/h3-4,7,10,13H,5-6,8-9H2,1-2H3. The topological polar surface area (TPSA) is 87.0 Å². The third-order valence-corrected chi connectivity index (χ3v) is 4.75. The van der Waals surface area contributed by atoms with Gasteiger partial charge in [-0.3, -0.25) is 0 Å². The first-order valence-electron chi connectivity index (χ1n) is 6.51. The van der Waals surface area contributed by atoms with Gasteiger partial charge in [0, 0.05) is 6.20 Å². The number of likely N-dealkylation sites (tertiary alicyclic amines) is 1. The molecule has 0 bridgehead atoms. The van der Waals surface area contributed by atoms with Crippen LogP contribution in [0.25, 0.3) is 0 Å². The zero-order chi connectivity index (χ0) is 14.6. The molecule has 0 amide bonds. The Kier molecular flexibility index (Phi) is 4.79. The second kappa shape index (κ2) is 6.38. The van der Waals surface area contributed by atoms with Gasteiger partial charge in [-0.25, -0.2) is 18.1 Å². The Bertz CT molecular complexity index is 579. The zero-order valence-corrected chi connectivity index (χ0v) is 12.5. The number of nitrogens with zero attached hydrogens (tertiary/aromatic N) is 4. The molecule has 0 aromatic carbocycles. The lowest BCUT2D eigenvalue weighted by molar-refractivity contribution is 0.254. The van der Waals surface area contributed by atoms with Crippen LogP contribution in [0.1, 0.15) is 12.8 Å². The number of pyridine rings is 1. The molecule has 0 atom stereocenters. The first kappa shape index (κ1) is 15.0. The summed E-state index contributed by atoms with van der Waals surface area (Å²) in [6, 6.07) is 3.18. The largest absolute Gasteiger partial charge is 0.306 e. The van der Waals surface area contributed by atoms with E-state index in [1.165, 1.54) is 19.3 Å². The molecule has 1 aromatic heterocycles. The molecular formula is C12H19N5O2S. The third kappa shape index (κ3) is 3.59. The third-order valence-electron chi connectivity index (χ3n) is 3.31. The fraction of sp³-hybridized carbons (Fsp3) is 0.583. The molecule has 8 heteroatoms. The fourth-order valence-corrected chi connectivity index (χ4v) is 2.84. The Labute approximate surface area is 119 Å². The van der Waals surface area contributed by atoms with Crippen molar-refractivity contribution in [1.82, 2.24) is 14.6 Å². The van der Waals surface area contributed by atoms with Crippen molar-refractivity contribution < 1.29 is 8.42 Å². The van der Waals surface area contributed by atoms with Crippen molar-refractivity contribution in [1.29, 1.82) is 0 Å². The number of nitrogens with one attached hydrogen (secondary N) is 1. The van der Waals surface area contributed by atoms with E-state index in [9.17, 15) is 8.42 Å². The van der Waals surface area contributed by atoms with Crippen LogP contribution in [0.2, 0.25) is 0 Å². The summed E-state index contributed by atoms with van der Waals surface area (Å²) in [7, 11) is -0.131. The van der Waals surface area contributed by atoms with Gasteiger partial charge in [-0.05, 0) is 52.2 Å². The Morgan fingerprint density at radius 2 is 2.10 bits per heavy atom. The highest BCUT2D eigenvalue weighted by atomic mass is 32.2. The highest BCUT2D eigenvalue weighted by Gasteiger charge is 2.19. The van der Waals surface area contributed by atoms with Crippen LogP contribution in [-0.4, -0.2) is 51.5 Å². The van der Waals surface area contributed by atoms with Gasteiger partial charge >= 0.3 is 0 Å².